The number of rotatable bonds is 9. The van der Waals surface area contributed by atoms with E-state index in [2.05, 4.69) is 42.0 Å². The van der Waals surface area contributed by atoms with E-state index in [9.17, 15) is 14.4 Å². The molecule has 0 radical (unpaired) electrons. The minimum absolute atomic E-state index is 0.144. The topological polar surface area (TPSA) is 132 Å². The van der Waals surface area contributed by atoms with Crippen LogP contribution >= 0.6 is 11.3 Å². The summed E-state index contributed by atoms with van der Waals surface area (Å²) >= 11 is 1.53. The number of aromatic nitrogens is 2. The van der Waals surface area contributed by atoms with Gasteiger partial charge in [-0.2, -0.15) is 0 Å². The highest BCUT2D eigenvalue weighted by atomic mass is 32.1. The lowest BCUT2D eigenvalue weighted by Crippen LogP contribution is -2.56. The summed E-state index contributed by atoms with van der Waals surface area (Å²) in [5, 5.41) is 9.85. The molecule has 3 aliphatic rings. The van der Waals surface area contributed by atoms with Crippen LogP contribution in [0.4, 0.5) is 0 Å². The van der Waals surface area contributed by atoms with E-state index in [1.165, 1.54) is 11.3 Å². The van der Waals surface area contributed by atoms with Crippen LogP contribution < -0.4 is 20.1 Å². The molecule has 0 spiro atoms. The van der Waals surface area contributed by atoms with E-state index in [4.69, 9.17) is 24.2 Å². The van der Waals surface area contributed by atoms with Crippen molar-refractivity contribution in [2.45, 2.75) is 95.9 Å². The van der Waals surface area contributed by atoms with E-state index in [-0.39, 0.29) is 42.5 Å². The van der Waals surface area contributed by atoms with Crippen LogP contribution in [0.3, 0.4) is 0 Å². The number of hydrogen-bond acceptors (Lipinski definition) is 9. The van der Waals surface area contributed by atoms with Gasteiger partial charge in [0.1, 0.15) is 46.0 Å². The number of amides is 3. The minimum atomic E-state index is -1.09. The fraction of sp³-hybridized carbons (Fsp3) is 0.465. The molecular weight excluding hydrogens is 715 g/mol. The lowest BCUT2D eigenvalue weighted by atomic mass is 10.1. The molecule has 3 amide bonds. The Kier molecular flexibility index (Phi) is 11.5. The van der Waals surface area contributed by atoms with Gasteiger partial charge in [0.2, 0.25) is 11.8 Å². The summed E-state index contributed by atoms with van der Waals surface area (Å²) in [5.74, 6) is 0.551. The first-order valence-electron chi connectivity index (χ1n) is 19.4. The molecular formula is C43H51N5O6S. The van der Waals surface area contributed by atoms with Gasteiger partial charge in [-0.05, 0) is 69.6 Å². The number of nitrogens with zero attached hydrogens (tertiary/aromatic N) is 3. The summed E-state index contributed by atoms with van der Waals surface area (Å²) in [4.78, 5) is 53.8. The molecule has 5 atom stereocenters. The molecule has 2 N–H and O–H groups in total. The van der Waals surface area contributed by atoms with Crippen molar-refractivity contribution < 1.29 is 28.6 Å². The van der Waals surface area contributed by atoms with Gasteiger partial charge in [-0.1, -0.05) is 56.3 Å². The Balaban J connectivity index is 1.17. The van der Waals surface area contributed by atoms with E-state index in [1.54, 1.807) is 18.9 Å². The molecule has 55 heavy (non-hydrogen) atoms. The number of nitrogens with one attached hydrogen (secondary N) is 2. The van der Waals surface area contributed by atoms with Crippen LogP contribution in [-0.4, -0.2) is 83.2 Å². The zero-order chi connectivity index (χ0) is 38.7. The van der Waals surface area contributed by atoms with Crippen LogP contribution in [0.25, 0.3) is 21.6 Å². The van der Waals surface area contributed by atoms with Crippen LogP contribution in [-0.2, 0) is 25.5 Å². The number of carbonyl (C=O) groups is 3. The van der Waals surface area contributed by atoms with Crippen LogP contribution in [0.5, 0.6) is 11.5 Å². The van der Waals surface area contributed by atoms with E-state index in [1.807, 2.05) is 55.5 Å². The Labute approximate surface area is 326 Å². The number of hydrogen-bond donors (Lipinski definition) is 2. The third-order valence-corrected chi connectivity index (χ3v) is 11.9. The monoisotopic (exact) mass is 765 g/mol. The van der Waals surface area contributed by atoms with Gasteiger partial charge in [0.25, 0.3) is 5.91 Å². The fourth-order valence-corrected chi connectivity index (χ4v) is 8.57. The number of fused-ring (bicyclic) bond motifs is 3. The van der Waals surface area contributed by atoms with Crippen LogP contribution in [0.1, 0.15) is 75.6 Å². The largest absolute Gasteiger partial charge is 0.496 e. The molecule has 1 saturated heterocycles. The SMILES string of the molecule is COc1ccc2c(O[C@@H]3C[C@H]4C(=O)N[C@]5(C(=O)NCCc6ccccc6)C[C@H]5/C=C\CCCCO[C@H](C)C(=O)N4C3)cc(-c3nc(C(C)C)cs3)nc2c1C. The predicted molar refractivity (Wildman–Crippen MR) is 213 cm³/mol. The van der Waals surface area contributed by atoms with E-state index in [0.29, 0.717) is 43.2 Å². The Hall–Kier alpha value is -4.81. The molecule has 12 heteroatoms. The van der Waals surface area contributed by atoms with Crippen molar-refractivity contribution in [3.05, 3.63) is 82.9 Å². The molecule has 0 bridgehead atoms. The highest BCUT2D eigenvalue weighted by Crippen LogP contribution is 2.46. The van der Waals surface area contributed by atoms with Gasteiger partial charge in [0, 0.05) is 47.9 Å². The zero-order valence-electron chi connectivity index (χ0n) is 32.3. The number of ether oxygens (including phenoxy) is 3. The lowest BCUT2D eigenvalue weighted by Gasteiger charge is -2.28. The Morgan fingerprint density at radius 3 is 2.71 bits per heavy atom. The predicted octanol–water partition coefficient (Wildman–Crippen LogP) is 6.53. The van der Waals surface area contributed by atoms with Crippen molar-refractivity contribution in [3.63, 3.8) is 0 Å². The highest BCUT2D eigenvalue weighted by molar-refractivity contribution is 7.13. The van der Waals surface area contributed by atoms with Gasteiger partial charge >= 0.3 is 0 Å². The van der Waals surface area contributed by atoms with Crippen LogP contribution in [0.2, 0.25) is 0 Å². The second kappa shape index (κ2) is 16.5. The van der Waals surface area contributed by atoms with Crippen molar-refractivity contribution in [3.8, 4) is 22.2 Å². The summed E-state index contributed by atoms with van der Waals surface area (Å²) in [6.07, 6.45) is 6.80. The molecule has 7 rings (SSSR count). The zero-order valence-corrected chi connectivity index (χ0v) is 33.1. The smallest absolute Gasteiger partial charge is 0.252 e. The number of pyridine rings is 1. The Morgan fingerprint density at radius 1 is 1.13 bits per heavy atom. The van der Waals surface area contributed by atoms with Gasteiger partial charge in [0.05, 0.1) is 24.9 Å². The van der Waals surface area contributed by atoms with E-state index < -0.39 is 23.8 Å². The third-order valence-electron chi connectivity index (χ3n) is 11.0. The quantitative estimate of drug-likeness (QED) is 0.184. The number of carbonyl (C=O) groups excluding carboxylic acids is 3. The van der Waals surface area contributed by atoms with Gasteiger partial charge in [-0.3, -0.25) is 14.4 Å². The van der Waals surface area contributed by atoms with Gasteiger partial charge < -0.3 is 29.7 Å². The fourth-order valence-electron chi connectivity index (χ4n) is 7.63. The number of methoxy groups -OCH3 is 1. The average molecular weight is 766 g/mol. The number of benzene rings is 2. The van der Waals surface area contributed by atoms with Gasteiger partial charge in [-0.15, -0.1) is 11.3 Å². The highest BCUT2D eigenvalue weighted by Gasteiger charge is 2.60. The van der Waals surface area contributed by atoms with Crippen LogP contribution in [0.15, 0.2) is 66.1 Å². The first kappa shape index (κ1) is 38.5. The second-order valence-corrected chi connectivity index (χ2v) is 16.1. The number of aryl methyl sites for hydroxylation is 1. The van der Waals surface area contributed by atoms with Crippen molar-refractivity contribution >= 4 is 40.0 Å². The van der Waals surface area contributed by atoms with E-state index >= 15 is 0 Å². The molecule has 2 fully saturated rings. The standard InChI is InChI=1S/C43H51N5O6S/c1-26(2)34-25-55-40(46-34)33-22-37(32-16-17-36(52-5)27(3)38(32)45-33)54-31-21-35-39(49)47-43(42(51)44-19-18-29-13-9-8-10-14-29)23-30(43)15-11-6-7-12-20-53-28(4)41(50)48(35)24-31/h8-11,13-17,22,25-26,28,30-31,35H,6-7,12,18-21,23-24H2,1-5H3,(H,44,51)(H,47,49)/b15-11-/t28-,30-,31-,35+,43-/m1/s1. The molecule has 1 saturated carbocycles. The normalized spacial score (nSPS) is 25.0. The average Bonchev–Trinajstić information content (AvgIpc) is 3.47. The van der Waals surface area contributed by atoms with Crippen molar-refractivity contribution in [2.24, 2.45) is 5.92 Å². The maximum absolute atomic E-state index is 14.4. The molecule has 1 aliphatic carbocycles. The van der Waals surface area contributed by atoms with Crippen LogP contribution in [0, 0.1) is 12.8 Å². The maximum Gasteiger partial charge on any atom is 0.252 e. The molecule has 2 aliphatic heterocycles. The maximum atomic E-state index is 14.4. The molecule has 2 aromatic carbocycles. The molecule has 290 valence electrons. The summed E-state index contributed by atoms with van der Waals surface area (Å²) in [6, 6.07) is 14.8. The van der Waals surface area contributed by atoms with Crippen molar-refractivity contribution in [1.29, 1.82) is 0 Å². The summed E-state index contributed by atoms with van der Waals surface area (Å²) in [7, 11) is 1.63. The van der Waals surface area contributed by atoms with E-state index in [0.717, 1.165) is 52.0 Å². The Bertz CT molecular complexity index is 2070. The number of thiazole rings is 1. The van der Waals surface area contributed by atoms with Crippen molar-refractivity contribution in [2.75, 3.05) is 26.8 Å². The lowest BCUT2D eigenvalue weighted by molar-refractivity contribution is -0.147. The third kappa shape index (κ3) is 8.26. The first-order chi connectivity index (χ1) is 26.6. The second-order valence-electron chi connectivity index (χ2n) is 15.2. The summed E-state index contributed by atoms with van der Waals surface area (Å²) in [6.45, 7) is 8.98. The molecule has 4 aromatic rings. The van der Waals surface area contributed by atoms with Gasteiger partial charge in [0.15, 0.2) is 0 Å². The molecule has 2 aromatic heterocycles. The molecule has 0 unspecified atom stereocenters. The summed E-state index contributed by atoms with van der Waals surface area (Å²) < 4.78 is 18.4. The molecule has 4 heterocycles. The minimum Gasteiger partial charge on any atom is -0.496 e. The number of allylic oxidation sites excluding steroid dienone is 1. The first-order valence-corrected chi connectivity index (χ1v) is 20.3. The van der Waals surface area contributed by atoms with Gasteiger partial charge in [-0.25, -0.2) is 9.97 Å². The van der Waals surface area contributed by atoms with Crippen molar-refractivity contribution in [1.82, 2.24) is 25.5 Å². The Morgan fingerprint density at radius 2 is 1.95 bits per heavy atom. The molecule has 11 nitrogen and oxygen atoms in total. The summed E-state index contributed by atoms with van der Waals surface area (Å²) in [5.41, 5.74) is 3.29.